The Morgan fingerprint density at radius 1 is 1.40 bits per heavy atom. The number of nitrogens with zero attached hydrogens (tertiary/aromatic N) is 2. The van der Waals surface area contributed by atoms with Gasteiger partial charge in [-0.05, 0) is 46.5 Å². The molecule has 0 saturated carbocycles. The topological polar surface area (TPSA) is 28.2 Å². The van der Waals surface area contributed by atoms with Crippen molar-refractivity contribution in [3.8, 4) is 0 Å². The Bertz CT molecular complexity index is 406. The van der Waals surface area contributed by atoms with Crippen molar-refractivity contribution in [1.82, 2.24) is 10.3 Å². The normalized spacial score (nSPS) is 20.4. The first-order valence-corrected chi connectivity index (χ1v) is 8.77. The van der Waals surface area contributed by atoms with E-state index in [4.69, 9.17) is 0 Å². The second kappa shape index (κ2) is 6.90. The summed E-state index contributed by atoms with van der Waals surface area (Å²) in [6.45, 7) is 11.0. The Balaban J connectivity index is 1.99. The highest BCUT2D eigenvalue weighted by atomic mass is 32.1. The second-order valence-electron chi connectivity index (χ2n) is 6.84. The van der Waals surface area contributed by atoms with Crippen molar-refractivity contribution in [3.63, 3.8) is 0 Å². The minimum Gasteiger partial charge on any atom is -0.345 e. The lowest BCUT2D eigenvalue weighted by molar-refractivity contribution is 0.426. The molecule has 0 amide bonds. The maximum Gasteiger partial charge on any atom is 0.185 e. The highest BCUT2D eigenvalue weighted by Gasteiger charge is 2.24. The first kappa shape index (κ1) is 15.8. The molecule has 2 rings (SSSR count). The van der Waals surface area contributed by atoms with Gasteiger partial charge in [0, 0.05) is 35.7 Å². The van der Waals surface area contributed by atoms with Crippen LogP contribution in [0.5, 0.6) is 0 Å². The summed E-state index contributed by atoms with van der Waals surface area (Å²) >= 11 is 1.86. The van der Waals surface area contributed by atoms with E-state index in [1.165, 1.54) is 48.7 Å². The zero-order chi connectivity index (χ0) is 14.6. The van der Waals surface area contributed by atoms with Crippen LogP contribution >= 0.6 is 11.3 Å². The molecule has 1 aromatic rings. The fraction of sp³-hybridized carbons (Fsp3) is 0.812. The lowest BCUT2D eigenvalue weighted by Crippen LogP contribution is -2.39. The van der Waals surface area contributed by atoms with Gasteiger partial charge < -0.3 is 10.2 Å². The molecular weight excluding hydrogens is 266 g/mol. The molecule has 3 nitrogen and oxygen atoms in total. The third kappa shape index (κ3) is 4.45. The monoisotopic (exact) mass is 295 g/mol. The fourth-order valence-electron chi connectivity index (χ4n) is 2.75. The SMILES string of the molecule is CCCC1CCCCN1c1ncc(CNC(C)(C)C)s1. The van der Waals surface area contributed by atoms with Crippen LogP contribution in [0.3, 0.4) is 0 Å². The van der Waals surface area contributed by atoms with Crippen molar-refractivity contribution < 1.29 is 0 Å². The van der Waals surface area contributed by atoms with Gasteiger partial charge in [-0.15, -0.1) is 11.3 Å². The molecule has 1 unspecified atom stereocenters. The Morgan fingerprint density at radius 3 is 2.90 bits per heavy atom. The summed E-state index contributed by atoms with van der Waals surface area (Å²) in [5.74, 6) is 0. The van der Waals surface area contributed by atoms with Crippen LogP contribution in [0.1, 0.15) is 64.7 Å². The van der Waals surface area contributed by atoms with Crippen molar-refractivity contribution in [2.24, 2.45) is 0 Å². The maximum absolute atomic E-state index is 4.68. The lowest BCUT2D eigenvalue weighted by Gasteiger charge is -2.35. The van der Waals surface area contributed by atoms with Crippen LogP contribution in [0, 0.1) is 0 Å². The summed E-state index contributed by atoms with van der Waals surface area (Å²) in [7, 11) is 0. The van der Waals surface area contributed by atoms with Crippen LogP contribution in [0.2, 0.25) is 0 Å². The summed E-state index contributed by atoms with van der Waals surface area (Å²) in [5, 5.41) is 4.77. The van der Waals surface area contributed by atoms with E-state index in [0.717, 1.165) is 6.54 Å². The largest absolute Gasteiger partial charge is 0.345 e. The zero-order valence-corrected chi connectivity index (χ0v) is 14.2. The standard InChI is InChI=1S/C16H29N3S/c1-5-8-13-9-6-7-10-19(13)15-17-11-14(20-15)12-18-16(2,3)4/h11,13,18H,5-10,12H2,1-4H3. The molecule has 2 heterocycles. The molecule has 1 aromatic heterocycles. The van der Waals surface area contributed by atoms with Crippen molar-refractivity contribution in [2.75, 3.05) is 11.4 Å². The number of aromatic nitrogens is 1. The van der Waals surface area contributed by atoms with Crippen LogP contribution in [0.25, 0.3) is 0 Å². The van der Waals surface area contributed by atoms with E-state index < -0.39 is 0 Å². The Labute approximate surface area is 127 Å². The van der Waals surface area contributed by atoms with E-state index >= 15 is 0 Å². The molecule has 0 bridgehead atoms. The number of anilines is 1. The van der Waals surface area contributed by atoms with Gasteiger partial charge >= 0.3 is 0 Å². The molecule has 1 atom stereocenters. The van der Waals surface area contributed by atoms with Crippen LogP contribution in [-0.4, -0.2) is 23.1 Å². The number of rotatable bonds is 5. The molecular formula is C16H29N3S. The molecule has 1 aliphatic rings. The summed E-state index contributed by atoms with van der Waals surface area (Å²) in [6.07, 6.45) is 8.65. The van der Waals surface area contributed by atoms with E-state index in [-0.39, 0.29) is 5.54 Å². The van der Waals surface area contributed by atoms with Crippen molar-refractivity contribution in [3.05, 3.63) is 11.1 Å². The molecule has 1 fully saturated rings. The van der Waals surface area contributed by atoms with Gasteiger partial charge in [-0.25, -0.2) is 4.98 Å². The highest BCUT2D eigenvalue weighted by molar-refractivity contribution is 7.15. The second-order valence-corrected chi connectivity index (χ2v) is 7.94. The quantitative estimate of drug-likeness (QED) is 0.883. The smallest absolute Gasteiger partial charge is 0.185 e. The van der Waals surface area contributed by atoms with E-state index in [9.17, 15) is 0 Å². The third-order valence-electron chi connectivity index (χ3n) is 3.83. The molecule has 20 heavy (non-hydrogen) atoms. The average molecular weight is 295 g/mol. The van der Waals surface area contributed by atoms with Gasteiger partial charge in [0.1, 0.15) is 0 Å². The molecule has 1 N–H and O–H groups in total. The molecule has 0 aromatic carbocycles. The van der Waals surface area contributed by atoms with Crippen molar-refractivity contribution >= 4 is 16.5 Å². The van der Waals surface area contributed by atoms with Gasteiger partial charge in [0.15, 0.2) is 5.13 Å². The average Bonchev–Trinajstić information content (AvgIpc) is 2.85. The molecule has 0 spiro atoms. The number of piperidine rings is 1. The van der Waals surface area contributed by atoms with Gasteiger partial charge in [0.2, 0.25) is 0 Å². The molecule has 1 saturated heterocycles. The number of hydrogen-bond acceptors (Lipinski definition) is 4. The predicted octanol–water partition coefficient (Wildman–Crippen LogP) is 4.19. The van der Waals surface area contributed by atoms with Crippen LogP contribution in [-0.2, 0) is 6.54 Å². The summed E-state index contributed by atoms with van der Waals surface area (Å²) in [4.78, 5) is 8.57. The van der Waals surface area contributed by atoms with E-state index in [0.29, 0.717) is 6.04 Å². The molecule has 0 aliphatic carbocycles. The lowest BCUT2D eigenvalue weighted by atomic mass is 9.99. The van der Waals surface area contributed by atoms with Crippen LogP contribution in [0.15, 0.2) is 6.20 Å². The van der Waals surface area contributed by atoms with Gasteiger partial charge in [-0.3, -0.25) is 0 Å². The molecule has 0 radical (unpaired) electrons. The minimum absolute atomic E-state index is 0.167. The summed E-state index contributed by atoms with van der Waals surface area (Å²) in [5.41, 5.74) is 0.167. The van der Waals surface area contributed by atoms with E-state index in [1.807, 2.05) is 11.3 Å². The number of nitrogens with one attached hydrogen (secondary N) is 1. The fourth-order valence-corrected chi connectivity index (χ4v) is 3.70. The maximum atomic E-state index is 4.68. The van der Waals surface area contributed by atoms with Crippen LogP contribution < -0.4 is 10.2 Å². The van der Waals surface area contributed by atoms with Gasteiger partial charge in [-0.1, -0.05) is 13.3 Å². The summed E-state index contributed by atoms with van der Waals surface area (Å²) < 4.78 is 0. The first-order chi connectivity index (χ1) is 9.49. The van der Waals surface area contributed by atoms with Gasteiger partial charge in [-0.2, -0.15) is 0 Å². The highest BCUT2D eigenvalue weighted by Crippen LogP contribution is 2.30. The summed E-state index contributed by atoms with van der Waals surface area (Å²) in [6, 6.07) is 0.711. The van der Waals surface area contributed by atoms with E-state index in [2.05, 4.69) is 49.1 Å². The third-order valence-corrected chi connectivity index (χ3v) is 4.86. The molecule has 114 valence electrons. The van der Waals surface area contributed by atoms with E-state index in [1.54, 1.807) is 0 Å². The first-order valence-electron chi connectivity index (χ1n) is 7.96. The van der Waals surface area contributed by atoms with Gasteiger partial charge in [0.05, 0.1) is 0 Å². The Hall–Kier alpha value is -0.610. The van der Waals surface area contributed by atoms with Crippen molar-refractivity contribution in [1.29, 1.82) is 0 Å². The Morgan fingerprint density at radius 2 is 2.20 bits per heavy atom. The number of thiazole rings is 1. The number of hydrogen-bond donors (Lipinski definition) is 1. The van der Waals surface area contributed by atoms with Crippen LogP contribution in [0.4, 0.5) is 5.13 Å². The van der Waals surface area contributed by atoms with Gasteiger partial charge in [0.25, 0.3) is 0 Å². The zero-order valence-electron chi connectivity index (χ0n) is 13.4. The predicted molar refractivity (Wildman–Crippen MR) is 88.6 cm³/mol. The Kier molecular flexibility index (Phi) is 5.44. The molecule has 4 heteroatoms. The van der Waals surface area contributed by atoms with Crippen molar-refractivity contribution in [2.45, 2.75) is 77.9 Å². The molecule has 1 aliphatic heterocycles. The minimum atomic E-state index is 0.167.